The molecule has 114 heavy (non-hydrogen) atoms. The second-order valence-electron chi connectivity index (χ2n) is 30.4. The van der Waals surface area contributed by atoms with E-state index in [-0.39, 0.29) is 104 Å². The van der Waals surface area contributed by atoms with Gasteiger partial charge in [0.15, 0.2) is 0 Å². The van der Waals surface area contributed by atoms with Crippen molar-refractivity contribution in [2.75, 3.05) is 39.3 Å². The van der Waals surface area contributed by atoms with Crippen molar-refractivity contribution in [1.29, 1.82) is 0 Å². The molecule has 8 aromatic rings. The number of nitrogens with zero attached hydrogens (tertiary/aromatic N) is 5. The smallest absolute Gasteiger partial charge is 0.313 e. The molecule has 22 heteroatoms. The van der Waals surface area contributed by atoms with E-state index < -0.39 is 41.7 Å². The maximum absolute atomic E-state index is 14.2. The molecule has 6 aliphatic heterocycles. The molecule has 3 aliphatic carbocycles. The van der Waals surface area contributed by atoms with Crippen LogP contribution in [0.1, 0.15) is 202 Å². The summed E-state index contributed by atoms with van der Waals surface area (Å²) in [5.41, 5.74) is 11.0. The quantitative estimate of drug-likeness (QED) is 0.0371. The first-order chi connectivity index (χ1) is 55.6. The minimum absolute atomic E-state index is 0.00663. The standard InChI is InChI=1S/C33H32N2O5.C26H26N2O5.C18H16N2O2.C15H18O4/c36-30(27-16-8-9-17-28(27)33(39)40-21-22-10-2-1-3-11-22)34-19-18-23-12-4-5-13-24(23)29(34)20-35-31(37)25-14-6-7-15-26(25)32(35)38;29-23(20-11-5-6-12-21(20)26(32)33)27-14-13-16-7-1-2-8-17(16)22(27)15-28-24(30)18-9-3-4-10-19(18)25(28)31;21-17-14-7-3-4-8-15(14)18(22)20(17)11-16-13-6-2-1-5-12(13)9-10-19-16;16-11-19-14-9-5-4-8-13(14)15(17)18-10-12-6-2-1-3-7-12/h1-7,10-15,27-29H,8-9,16-21H2;1-4,7-10,20-22H,5-6,11-15H2,(H,32,33);1-8,16,19H,9-11H2;1-3,6-7,11,13-14H,4-5,8-10H2/t27-,28+,29?;20-,21+,22?;;13-,14+/m11.0/s1. The van der Waals surface area contributed by atoms with Crippen molar-refractivity contribution in [3.8, 4) is 0 Å². The molecule has 0 aromatic heterocycles. The average molecular weight is 1540 g/mol. The summed E-state index contributed by atoms with van der Waals surface area (Å²) in [6.07, 6.45) is 11.1. The summed E-state index contributed by atoms with van der Waals surface area (Å²) in [5, 5.41) is 13.1. The van der Waals surface area contributed by atoms with Gasteiger partial charge in [0.05, 0.1) is 94.2 Å². The lowest BCUT2D eigenvalue weighted by molar-refractivity contribution is -0.160. The van der Waals surface area contributed by atoms with Gasteiger partial charge >= 0.3 is 17.9 Å². The fourth-order valence-electron chi connectivity index (χ4n) is 17.9. The van der Waals surface area contributed by atoms with Crippen LogP contribution in [0.5, 0.6) is 0 Å². The van der Waals surface area contributed by atoms with Gasteiger partial charge in [0.1, 0.15) is 19.3 Å². The number of aliphatic carboxylic acids is 1. The molecular formula is C92H92N6O16. The molecule has 8 aromatic carbocycles. The second-order valence-corrected chi connectivity index (χ2v) is 30.4. The first-order valence-electron chi connectivity index (χ1n) is 39.7. The fourth-order valence-corrected chi connectivity index (χ4v) is 17.9. The number of hydrogen-bond acceptors (Lipinski definition) is 16. The number of carboxylic acids is 1. The number of carbonyl (C=O) groups excluding carboxylic acids is 11. The van der Waals surface area contributed by atoms with E-state index in [2.05, 4.69) is 17.4 Å². The van der Waals surface area contributed by atoms with Crippen LogP contribution in [-0.4, -0.2) is 147 Å². The third-order valence-corrected chi connectivity index (χ3v) is 23.8. The van der Waals surface area contributed by atoms with E-state index in [0.29, 0.717) is 98.0 Å². The van der Waals surface area contributed by atoms with E-state index in [1.807, 2.05) is 121 Å². The summed E-state index contributed by atoms with van der Waals surface area (Å²) in [7, 11) is 0. The number of imide groups is 3. The van der Waals surface area contributed by atoms with Crippen LogP contribution in [0.15, 0.2) is 206 Å². The Morgan fingerprint density at radius 3 is 1.13 bits per heavy atom. The first kappa shape index (κ1) is 78.6. The minimum atomic E-state index is -0.928. The number of nitrogens with one attached hydrogen (secondary N) is 1. The van der Waals surface area contributed by atoms with Gasteiger partial charge in [0.2, 0.25) is 11.8 Å². The molecule has 22 nitrogen and oxygen atoms in total. The Kier molecular flexibility index (Phi) is 25.0. The number of esters is 2. The number of hydrogen-bond donors (Lipinski definition) is 2. The highest BCUT2D eigenvalue weighted by Crippen LogP contribution is 2.42. The van der Waals surface area contributed by atoms with E-state index in [9.17, 15) is 62.6 Å². The highest BCUT2D eigenvalue weighted by molar-refractivity contribution is 6.23. The summed E-state index contributed by atoms with van der Waals surface area (Å²) in [4.78, 5) is 160. The van der Waals surface area contributed by atoms with Crippen LogP contribution in [-0.2, 0) is 75.5 Å². The van der Waals surface area contributed by atoms with Gasteiger partial charge in [-0.1, -0.05) is 202 Å². The van der Waals surface area contributed by atoms with Gasteiger partial charge in [-0.3, -0.25) is 72.2 Å². The van der Waals surface area contributed by atoms with Gasteiger partial charge in [0, 0.05) is 19.6 Å². The molecule has 0 spiro atoms. The normalized spacial score (nSPS) is 22.4. The van der Waals surface area contributed by atoms with Gasteiger partial charge in [-0.15, -0.1) is 0 Å². The number of rotatable bonds is 17. The predicted molar refractivity (Wildman–Crippen MR) is 419 cm³/mol. The highest BCUT2D eigenvalue weighted by atomic mass is 16.6. The third-order valence-electron chi connectivity index (χ3n) is 23.8. The van der Waals surface area contributed by atoms with Crippen molar-refractivity contribution in [2.24, 2.45) is 29.6 Å². The van der Waals surface area contributed by atoms with Crippen LogP contribution >= 0.6 is 0 Å². The van der Waals surface area contributed by atoms with Gasteiger partial charge in [-0.05, 0) is 152 Å². The molecule has 9 atom stereocenters. The van der Waals surface area contributed by atoms with Crippen LogP contribution in [0.4, 0.5) is 0 Å². The molecule has 0 bridgehead atoms. The largest absolute Gasteiger partial charge is 0.481 e. The number of ether oxygens (including phenoxy) is 3. The molecule has 3 fully saturated rings. The number of carbonyl (C=O) groups is 12. The molecule has 9 aliphatic rings. The predicted octanol–water partition coefficient (Wildman–Crippen LogP) is 12.9. The molecular weight excluding hydrogens is 1450 g/mol. The van der Waals surface area contributed by atoms with Crippen LogP contribution in [0.3, 0.4) is 0 Å². The van der Waals surface area contributed by atoms with Crippen molar-refractivity contribution in [2.45, 2.75) is 134 Å². The SMILES string of the molecule is O=C(O)[C@H]1CCCC[C@H]1C(=O)N1CCc2ccccc2C1CN1C(=O)c2ccccc2C1=O.O=C(OCc1ccccc1)[C@H]1CCCC[C@H]1C(=O)N1CCc2ccccc2C1CN1C(=O)c2ccccc2C1=O.O=C1c2ccccc2C(=O)N1CC1NCCc2ccccc21.O=CO[C@@H]1CCCC[C@@H]1C(=O)OCc1ccccc1. The first-order valence-corrected chi connectivity index (χ1v) is 39.7. The van der Waals surface area contributed by atoms with E-state index in [1.165, 1.54) is 25.8 Å². The minimum Gasteiger partial charge on any atom is -0.481 e. The number of fused-ring (bicyclic) bond motifs is 6. The van der Waals surface area contributed by atoms with Crippen molar-refractivity contribution in [1.82, 2.24) is 29.8 Å². The second kappa shape index (κ2) is 36.2. The van der Waals surface area contributed by atoms with Gasteiger partial charge < -0.3 is 34.4 Å². The molecule has 586 valence electrons. The van der Waals surface area contributed by atoms with E-state index in [0.717, 1.165) is 97.7 Å². The Morgan fingerprint density at radius 2 is 0.711 bits per heavy atom. The van der Waals surface area contributed by atoms with Crippen molar-refractivity contribution < 1.29 is 76.9 Å². The average Bonchev–Trinajstić information content (AvgIpc) is 1.73. The summed E-state index contributed by atoms with van der Waals surface area (Å²) in [6, 6.07) is 62.6. The van der Waals surface area contributed by atoms with Crippen molar-refractivity contribution >= 4 is 71.6 Å². The topological polar surface area (TPSA) is 281 Å². The van der Waals surface area contributed by atoms with E-state index >= 15 is 0 Å². The zero-order valence-corrected chi connectivity index (χ0v) is 63.5. The van der Waals surface area contributed by atoms with Gasteiger partial charge in [0.25, 0.3) is 41.9 Å². The fraction of sp³-hybridized carbons (Fsp3) is 0.348. The van der Waals surface area contributed by atoms with Gasteiger partial charge in [-0.25, -0.2) is 0 Å². The maximum Gasteiger partial charge on any atom is 0.313 e. The molecule has 8 amide bonds. The maximum atomic E-state index is 14.2. The van der Waals surface area contributed by atoms with Crippen LogP contribution < -0.4 is 5.32 Å². The lowest BCUT2D eigenvalue weighted by Crippen LogP contribution is -2.50. The molecule has 17 rings (SSSR count). The van der Waals surface area contributed by atoms with Crippen LogP contribution in [0.25, 0.3) is 0 Å². The summed E-state index contributed by atoms with van der Waals surface area (Å²) in [6.45, 7) is 3.14. The molecule has 0 saturated heterocycles. The highest BCUT2D eigenvalue weighted by Gasteiger charge is 2.48. The Bertz CT molecular complexity index is 4850. The molecule has 2 N–H and O–H groups in total. The summed E-state index contributed by atoms with van der Waals surface area (Å²) >= 11 is 0. The molecule has 0 radical (unpaired) electrons. The molecule has 3 unspecified atom stereocenters. The Labute approximate surface area is 661 Å². The molecule has 6 heterocycles. The lowest BCUT2D eigenvalue weighted by atomic mass is 9.77. The lowest BCUT2D eigenvalue weighted by Gasteiger charge is -2.42. The van der Waals surface area contributed by atoms with E-state index in [4.69, 9.17) is 14.2 Å². The van der Waals surface area contributed by atoms with Crippen molar-refractivity contribution in [3.05, 3.63) is 284 Å². The zero-order chi connectivity index (χ0) is 79.4. The zero-order valence-electron chi connectivity index (χ0n) is 63.5. The summed E-state index contributed by atoms with van der Waals surface area (Å²) in [5.74, 6) is -6.17. The van der Waals surface area contributed by atoms with Crippen LogP contribution in [0, 0.1) is 29.6 Å². The Balaban J connectivity index is 0.000000131. The monoisotopic (exact) mass is 1540 g/mol. The Hall–Kier alpha value is -12.0. The number of benzene rings is 8. The van der Waals surface area contributed by atoms with E-state index in [1.54, 1.807) is 82.6 Å². The Morgan fingerprint density at radius 1 is 0.377 bits per heavy atom. The third kappa shape index (κ3) is 17.0. The summed E-state index contributed by atoms with van der Waals surface area (Å²) < 4.78 is 16.0. The number of amides is 8. The number of carboxylic acid groups (broad SMARTS) is 1. The molecule has 3 saturated carbocycles. The van der Waals surface area contributed by atoms with Crippen LogP contribution in [0.2, 0.25) is 0 Å². The van der Waals surface area contributed by atoms with Crippen molar-refractivity contribution in [3.63, 3.8) is 0 Å². The van der Waals surface area contributed by atoms with Gasteiger partial charge in [-0.2, -0.15) is 0 Å².